The van der Waals surface area contributed by atoms with E-state index in [2.05, 4.69) is 26.6 Å². The number of hydrogen-bond donors (Lipinski definition) is 2. The van der Waals surface area contributed by atoms with Gasteiger partial charge in [-0.15, -0.1) is 0 Å². The molecule has 0 bridgehead atoms. The van der Waals surface area contributed by atoms with Gasteiger partial charge in [0.1, 0.15) is 5.76 Å². The molecule has 0 fully saturated rings. The lowest BCUT2D eigenvalue weighted by Crippen LogP contribution is -2.27. The van der Waals surface area contributed by atoms with E-state index in [0.29, 0.717) is 11.7 Å². The summed E-state index contributed by atoms with van der Waals surface area (Å²) in [6.45, 7) is 2.61. The van der Waals surface area contributed by atoms with Crippen molar-refractivity contribution in [2.24, 2.45) is 0 Å². The Morgan fingerprint density at radius 2 is 2.22 bits per heavy atom. The molecule has 3 nitrogen and oxygen atoms in total. The SMILES string of the molecule is Cc1cc(NC(=S)NCc2ccco2)ccc1Br. The van der Waals surface area contributed by atoms with Gasteiger partial charge in [0.25, 0.3) is 0 Å². The third kappa shape index (κ3) is 3.58. The van der Waals surface area contributed by atoms with Crippen molar-refractivity contribution < 1.29 is 4.42 Å². The van der Waals surface area contributed by atoms with Crippen LogP contribution in [0, 0.1) is 6.92 Å². The Kier molecular flexibility index (Phi) is 4.38. The number of nitrogens with one attached hydrogen (secondary N) is 2. The van der Waals surface area contributed by atoms with Crippen molar-refractivity contribution in [3.63, 3.8) is 0 Å². The van der Waals surface area contributed by atoms with Crippen LogP contribution in [0.15, 0.2) is 45.5 Å². The molecule has 0 atom stereocenters. The van der Waals surface area contributed by atoms with E-state index in [1.807, 2.05) is 37.3 Å². The van der Waals surface area contributed by atoms with Gasteiger partial charge in [0.15, 0.2) is 5.11 Å². The number of furan rings is 1. The van der Waals surface area contributed by atoms with Crippen molar-refractivity contribution in [3.05, 3.63) is 52.4 Å². The summed E-state index contributed by atoms with van der Waals surface area (Å²) < 4.78 is 6.30. The van der Waals surface area contributed by atoms with Crippen LogP contribution >= 0.6 is 28.1 Å². The fourth-order valence-electron chi connectivity index (χ4n) is 1.48. The van der Waals surface area contributed by atoms with Crippen LogP contribution in [0.25, 0.3) is 0 Å². The second-order valence-electron chi connectivity index (χ2n) is 3.85. The van der Waals surface area contributed by atoms with Crippen LogP contribution in [0.5, 0.6) is 0 Å². The molecular weight excluding hydrogens is 312 g/mol. The highest BCUT2D eigenvalue weighted by Gasteiger charge is 2.01. The molecule has 0 aliphatic rings. The van der Waals surface area contributed by atoms with E-state index in [9.17, 15) is 0 Å². The van der Waals surface area contributed by atoms with Crippen molar-refractivity contribution in [1.82, 2.24) is 5.32 Å². The van der Waals surface area contributed by atoms with E-state index in [1.54, 1.807) is 6.26 Å². The molecule has 0 amide bonds. The smallest absolute Gasteiger partial charge is 0.171 e. The molecular formula is C13H13BrN2OS. The Morgan fingerprint density at radius 1 is 1.39 bits per heavy atom. The molecule has 18 heavy (non-hydrogen) atoms. The Morgan fingerprint density at radius 3 is 2.89 bits per heavy atom. The van der Waals surface area contributed by atoms with Gasteiger partial charge in [-0.3, -0.25) is 0 Å². The normalized spacial score (nSPS) is 10.1. The lowest BCUT2D eigenvalue weighted by molar-refractivity contribution is 0.503. The number of anilines is 1. The van der Waals surface area contributed by atoms with E-state index in [0.717, 1.165) is 21.5 Å². The molecule has 2 N–H and O–H groups in total. The highest BCUT2D eigenvalue weighted by molar-refractivity contribution is 9.10. The number of benzene rings is 1. The molecule has 0 aliphatic heterocycles. The van der Waals surface area contributed by atoms with Crippen LogP contribution in [-0.4, -0.2) is 5.11 Å². The summed E-state index contributed by atoms with van der Waals surface area (Å²) in [4.78, 5) is 0. The van der Waals surface area contributed by atoms with Gasteiger partial charge < -0.3 is 15.1 Å². The molecule has 2 rings (SSSR count). The number of rotatable bonds is 3. The van der Waals surface area contributed by atoms with Crippen LogP contribution in [0.1, 0.15) is 11.3 Å². The Hall–Kier alpha value is -1.33. The van der Waals surface area contributed by atoms with Crippen molar-refractivity contribution in [2.45, 2.75) is 13.5 Å². The highest BCUT2D eigenvalue weighted by atomic mass is 79.9. The first-order chi connectivity index (χ1) is 8.65. The van der Waals surface area contributed by atoms with Crippen molar-refractivity contribution >= 4 is 38.9 Å². The van der Waals surface area contributed by atoms with Crippen LogP contribution in [0.2, 0.25) is 0 Å². The summed E-state index contributed by atoms with van der Waals surface area (Å²) in [7, 11) is 0. The zero-order valence-electron chi connectivity index (χ0n) is 9.87. The summed E-state index contributed by atoms with van der Waals surface area (Å²) in [5.41, 5.74) is 2.13. The second-order valence-corrected chi connectivity index (χ2v) is 5.11. The number of hydrogen-bond acceptors (Lipinski definition) is 2. The first-order valence-corrected chi connectivity index (χ1v) is 6.68. The standard InChI is InChI=1S/C13H13BrN2OS/c1-9-7-10(4-5-12(9)14)16-13(18)15-8-11-3-2-6-17-11/h2-7H,8H2,1H3,(H2,15,16,18). The molecule has 0 saturated carbocycles. The molecule has 0 saturated heterocycles. The number of halogens is 1. The largest absolute Gasteiger partial charge is 0.467 e. The first kappa shape index (κ1) is 13.1. The van der Waals surface area contributed by atoms with Crippen LogP contribution in [0.3, 0.4) is 0 Å². The Bertz CT molecular complexity index is 540. The third-order valence-electron chi connectivity index (χ3n) is 2.42. The first-order valence-electron chi connectivity index (χ1n) is 5.48. The van der Waals surface area contributed by atoms with Gasteiger partial charge in [-0.2, -0.15) is 0 Å². The predicted molar refractivity (Wildman–Crippen MR) is 80.6 cm³/mol. The lowest BCUT2D eigenvalue weighted by Gasteiger charge is -2.10. The van der Waals surface area contributed by atoms with Gasteiger partial charge in [-0.25, -0.2) is 0 Å². The second kappa shape index (κ2) is 6.02. The van der Waals surface area contributed by atoms with Crippen LogP contribution < -0.4 is 10.6 Å². The fraction of sp³-hybridized carbons (Fsp3) is 0.154. The van der Waals surface area contributed by atoms with Gasteiger partial charge in [-0.05, 0) is 55.0 Å². The monoisotopic (exact) mass is 324 g/mol. The zero-order valence-corrected chi connectivity index (χ0v) is 12.3. The average molecular weight is 325 g/mol. The predicted octanol–water partition coefficient (Wildman–Crippen LogP) is 3.84. The van der Waals surface area contributed by atoms with Gasteiger partial charge >= 0.3 is 0 Å². The summed E-state index contributed by atoms with van der Waals surface area (Å²) >= 11 is 8.67. The summed E-state index contributed by atoms with van der Waals surface area (Å²) in [5, 5.41) is 6.79. The molecule has 0 unspecified atom stereocenters. The molecule has 0 radical (unpaired) electrons. The maximum Gasteiger partial charge on any atom is 0.171 e. The summed E-state index contributed by atoms with van der Waals surface area (Å²) in [6, 6.07) is 9.75. The lowest BCUT2D eigenvalue weighted by atomic mass is 10.2. The van der Waals surface area contributed by atoms with Gasteiger partial charge in [0, 0.05) is 10.2 Å². The molecule has 0 spiro atoms. The highest BCUT2D eigenvalue weighted by Crippen LogP contribution is 2.19. The minimum Gasteiger partial charge on any atom is -0.467 e. The van der Waals surface area contributed by atoms with Gasteiger partial charge in [-0.1, -0.05) is 15.9 Å². The maximum atomic E-state index is 5.21. The molecule has 0 aliphatic carbocycles. The average Bonchev–Trinajstić information content (AvgIpc) is 2.84. The van der Waals surface area contributed by atoms with Crippen molar-refractivity contribution in [2.75, 3.05) is 5.32 Å². The van der Waals surface area contributed by atoms with Crippen molar-refractivity contribution in [1.29, 1.82) is 0 Å². The maximum absolute atomic E-state index is 5.21. The van der Waals surface area contributed by atoms with E-state index in [4.69, 9.17) is 16.6 Å². The minimum atomic E-state index is 0.577. The number of thiocarbonyl (C=S) groups is 1. The third-order valence-corrected chi connectivity index (χ3v) is 3.56. The Labute approximate surface area is 120 Å². The quantitative estimate of drug-likeness (QED) is 0.841. The zero-order chi connectivity index (χ0) is 13.0. The van der Waals surface area contributed by atoms with E-state index in [-0.39, 0.29) is 0 Å². The summed E-state index contributed by atoms with van der Waals surface area (Å²) in [6.07, 6.45) is 1.64. The van der Waals surface area contributed by atoms with E-state index >= 15 is 0 Å². The number of aryl methyl sites for hydroxylation is 1. The molecule has 1 aromatic heterocycles. The summed E-state index contributed by atoms with van der Waals surface area (Å²) in [5.74, 6) is 0.853. The minimum absolute atomic E-state index is 0.577. The molecule has 1 heterocycles. The van der Waals surface area contributed by atoms with Crippen molar-refractivity contribution in [3.8, 4) is 0 Å². The van der Waals surface area contributed by atoms with Crippen LogP contribution in [0.4, 0.5) is 5.69 Å². The van der Waals surface area contributed by atoms with E-state index < -0.39 is 0 Å². The Balaban J connectivity index is 1.88. The van der Waals surface area contributed by atoms with Gasteiger partial charge in [0.05, 0.1) is 12.8 Å². The molecule has 1 aromatic carbocycles. The topological polar surface area (TPSA) is 37.2 Å². The van der Waals surface area contributed by atoms with Gasteiger partial charge in [0.2, 0.25) is 0 Å². The van der Waals surface area contributed by atoms with E-state index in [1.165, 1.54) is 0 Å². The molecule has 2 aromatic rings. The fourth-order valence-corrected chi connectivity index (χ4v) is 1.91. The van der Waals surface area contributed by atoms with Crippen LogP contribution in [-0.2, 0) is 6.54 Å². The molecule has 94 valence electrons. The molecule has 5 heteroatoms.